The van der Waals surface area contributed by atoms with Gasteiger partial charge in [0.15, 0.2) is 5.01 Å². The number of amides is 1. The van der Waals surface area contributed by atoms with Crippen LogP contribution in [0.3, 0.4) is 0 Å². The van der Waals surface area contributed by atoms with Crippen molar-refractivity contribution in [1.29, 1.82) is 0 Å². The van der Waals surface area contributed by atoms with E-state index in [-0.39, 0.29) is 5.91 Å². The lowest BCUT2D eigenvalue weighted by atomic mass is 10.1. The fourth-order valence-electron chi connectivity index (χ4n) is 2.99. The zero-order valence-electron chi connectivity index (χ0n) is 16.9. The summed E-state index contributed by atoms with van der Waals surface area (Å²) < 4.78 is 0. The van der Waals surface area contributed by atoms with Gasteiger partial charge in [-0.1, -0.05) is 76.8 Å². The van der Waals surface area contributed by atoms with Crippen LogP contribution in [0.4, 0.5) is 0 Å². The minimum absolute atomic E-state index is 0.137. The van der Waals surface area contributed by atoms with Gasteiger partial charge in [-0.15, -0.1) is 11.3 Å². The number of benzene rings is 1. The molecule has 0 fully saturated rings. The molecule has 1 heterocycles. The molecule has 2 rings (SSSR count). The van der Waals surface area contributed by atoms with Gasteiger partial charge >= 0.3 is 0 Å². The number of carbonyl (C=O) groups excluding carboxylic acids is 1. The molecule has 1 unspecified atom stereocenters. The van der Waals surface area contributed by atoms with Crippen molar-refractivity contribution in [2.24, 2.45) is 5.92 Å². The molecular formula is C22H33N3OS. The van der Waals surface area contributed by atoms with E-state index in [9.17, 15) is 4.79 Å². The third kappa shape index (κ3) is 7.07. The van der Waals surface area contributed by atoms with Crippen molar-refractivity contribution in [2.75, 3.05) is 6.54 Å². The number of rotatable bonds is 12. The second kappa shape index (κ2) is 11.9. The standard InChI is InChI=1S/C22H33N3OS/c1-4-6-9-15-19-20(18-13-10-8-11-14-18)24-22(27-19)21(26)25-23-16-17(3)12-7-5-2/h8,10-11,13-14,17,23H,4-7,9,12,15-16H2,1-3H3,(H,25,26). The van der Waals surface area contributed by atoms with Gasteiger partial charge in [-0.05, 0) is 25.2 Å². The monoisotopic (exact) mass is 387 g/mol. The van der Waals surface area contributed by atoms with E-state index in [4.69, 9.17) is 0 Å². The second-order valence-corrected chi connectivity index (χ2v) is 8.28. The number of thiazole rings is 1. The second-order valence-electron chi connectivity index (χ2n) is 7.20. The predicted molar refractivity (Wildman–Crippen MR) is 115 cm³/mol. The molecule has 0 radical (unpaired) electrons. The summed E-state index contributed by atoms with van der Waals surface area (Å²) in [6.07, 6.45) is 8.11. The van der Waals surface area contributed by atoms with Crippen LogP contribution >= 0.6 is 11.3 Å². The van der Waals surface area contributed by atoms with Crippen molar-refractivity contribution in [3.05, 3.63) is 40.2 Å². The van der Waals surface area contributed by atoms with Crippen molar-refractivity contribution in [2.45, 2.75) is 65.7 Å². The van der Waals surface area contributed by atoms with Crippen molar-refractivity contribution in [1.82, 2.24) is 15.8 Å². The highest BCUT2D eigenvalue weighted by molar-refractivity contribution is 7.14. The number of unbranched alkanes of at least 4 members (excludes halogenated alkanes) is 3. The van der Waals surface area contributed by atoms with Crippen LogP contribution < -0.4 is 10.9 Å². The molecule has 0 saturated carbocycles. The first-order valence-electron chi connectivity index (χ1n) is 10.2. The van der Waals surface area contributed by atoms with E-state index < -0.39 is 0 Å². The first-order valence-corrected chi connectivity index (χ1v) is 11.1. The maximum absolute atomic E-state index is 12.5. The average Bonchev–Trinajstić information content (AvgIpc) is 3.11. The molecule has 5 heteroatoms. The van der Waals surface area contributed by atoms with Gasteiger partial charge < -0.3 is 0 Å². The molecule has 0 aliphatic rings. The third-order valence-electron chi connectivity index (χ3n) is 4.65. The van der Waals surface area contributed by atoms with E-state index in [0.29, 0.717) is 10.9 Å². The van der Waals surface area contributed by atoms with Crippen molar-refractivity contribution in [3.63, 3.8) is 0 Å². The molecule has 0 saturated heterocycles. The maximum atomic E-state index is 12.5. The number of hydrogen-bond acceptors (Lipinski definition) is 4. The summed E-state index contributed by atoms with van der Waals surface area (Å²) in [7, 11) is 0. The predicted octanol–water partition coefficient (Wildman–Crippen LogP) is 5.60. The van der Waals surface area contributed by atoms with Gasteiger partial charge in [0, 0.05) is 17.0 Å². The Bertz CT molecular complexity index is 684. The summed E-state index contributed by atoms with van der Waals surface area (Å²) in [5.41, 5.74) is 7.95. The summed E-state index contributed by atoms with van der Waals surface area (Å²) in [6, 6.07) is 10.2. The van der Waals surface area contributed by atoms with Crippen LogP contribution in [-0.4, -0.2) is 17.4 Å². The summed E-state index contributed by atoms with van der Waals surface area (Å²) in [6.45, 7) is 7.40. The number of hydrazine groups is 1. The Morgan fingerprint density at radius 2 is 1.85 bits per heavy atom. The molecule has 4 nitrogen and oxygen atoms in total. The molecule has 0 spiro atoms. The summed E-state index contributed by atoms with van der Waals surface area (Å²) in [5.74, 6) is 0.410. The highest BCUT2D eigenvalue weighted by atomic mass is 32.1. The number of aryl methyl sites for hydroxylation is 1. The van der Waals surface area contributed by atoms with Gasteiger partial charge in [0.2, 0.25) is 0 Å². The Hall–Kier alpha value is -1.72. The first-order chi connectivity index (χ1) is 13.2. The molecule has 0 bridgehead atoms. The lowest BCUT2D eigenvalue weighted by Gasteiger charge is -2.12. The quantitative estimate of drug-likeness (QED) is 0.368. The number of hydrogen-bond donors (Lipinski definition) is 2. The molecule has 1 aromatic heterocycles. The van der Waals surface area contributed by atoms with Crippen molar-refractivity contribution in [3.8, 4) is 11.3 Å². The molecule has 0 aliphatic heterocycles. The Labute approximate surface area is 167 Å². The van der Waals surface area contributed by atoms with Crippen LogP contribution in [0.2, 0.25) is 0 Å². The summed E-state index contributed by atoms with van der Waals surface area (Å²) >= 11 is 1.52. The topological polar surface area (TPSA) is 54.0 Å². The van der Waals surface area contributed by atoms with E-state index >= 15 is 0 Å². The van der Waals surface area contributed by atoms with Crippen LogP contribution in [0.1, 0.15) is 74.0 Å². The molecule has 148 valence electrons. The number of nitrogens with zero attached hydrogens (tertiary/aromatic N) is 1. The molecule has 2 aromatic rings. The number of nitrogens with one attached hydrogen (secondary N) is 2. The molecule has 1 amide bonds. The summed E-state index contributed by atoms with van der Waals surface area (Å²) in [4.78, 5) is 18.4. The Morgan fingerprint density at radius 3 is 2.56 bits per heavy atom. The van der Waals surface area contributed by atoms with Gasteiger partial charge in [-0.2, -0.15) is 0 Å². The van der Waals surface area contributed by atoms with Crippen LogP contribution in [0.25, 0.3) is 11.3 Å². The van der Waals surface area contributed by atoms with Crippen molar-refractivity contribution < 1.29 is 4.79 Å². The minimum atomic E-state index is -0.137. The van der Waals surface area contributed by atoms with Crippen molar-refractivity contribution >= 4 is 17.2 Å². The molecule has 1 aromatic carbocycles. The van der Waals surface area contributed by atoms with E-state index in [1.54, 1.807) is 0 Å². The lowest BCUT2D eigenvalue weighted by Crippen LogP contribution is -2.39. The minimum Gasteiger partial charge on any atom is -0.285 e. The average molecular weight is 388 g/mol. The lowest BCUT2D eigenvalue weighted by molar-refractivity contribution is 0.0930. The van der Waals surface area contributed by atoms with Gasteiger partial charge in [0.1, 0.15) is 0 Å². The van der Waals surface area contributed by atoms with Gasteiger partial charge in [-0.25, -0.2) is 10.4 Å². The third-order valence-corrected chi connectivity index (χ3v) is 5.76. The van der Waals surface area contributed by atoms with Crippen LogP contribution in [0.5, 0.6) is 0 Å². The Balaban J connectivity index is 2.02. The first kappa shape index (κ1) is 21.6. The fraction of sp³-hybridized carbons (Fsp3) is 0.545. The van der Waals surface area contributed by atoms with Gasteiger partial charge in [-0.3, -0.25) is 10.2 Å². The normalized spacial score (nSPS) is 12.1. The molecule has 27 heavy (non-hydrogen) atoms. The highest BCUT2D eigenvalue weighted by Gasteiger charge is 2.17. The van der Waals surface area contributed by atoms with Crippen LogP contribution in [-0.2, 0) is 6.42 Å². The fourth-order valence-corrected chi connectivity index (χ4v) is 4.01. The van der Waals surface area contributed by atoms with Gasteiger partial charge in [0.25, 0.3) is 5.91 Å². The Kier molecular flexibility index (Phi) is 9.50. The van der Waals surface area contributed by atoms with Crippen LogP contribution in [0, 0.1) is 5.92 Å². The molecule has 0 aliphatic carbocycles. The maximum Gasteiger partial charge on any atom is 0.294 e. The Morgan fingerprint density at radius 1 is 1.11 bits per heavy atom. The van der Waals surface area contributed by atoms with Crippen LogP contribution in [0.15, 0.2) is 30.3 Å². The zero-order chi connectivity index (χ0) is 19.5. The number of carbonyl (C=O) groups is 1. The smallest absolute Gasteiger partial charge is 0.285 e. The van der Waals surface area contributed by atoms with E-state index in [1.807, 2.05) is 18.2 Å². The zero-order valence-corrected chi connectivity index (χ0v) is 17.7. The molecular weight excluding hydrogens is 354 g/mol. The molecule has 2 N–H and O–H groups in total. The summed E-state index contributed by atoms with van der Waals surface area (Å²) in [5, 5.41) is 0.536. The SMILES string of the molecule is CCCCCc1sc(C(=O)NNCC(C)CCCC)nc1-c1ccccc1. The van der Waals surface area contributed by atoms with E-state index in [2.05, 4.69) is 48.7 Å². The highest BCUT2D eigenvalue weighted by Crippen LogP contribution is 2.29. The molecule has 1 atom stereocenters. The van der Waals surface area contributed by atoms with Gasteiger partial charge in [0.05, 0.1) is 5.69 Å². The van der Waals surface area contributed by atoms with E-state index in [0.717, 1.165) is 30.6 Å². The largest absolute Gasteiger partial charge is 0.294 e. The number of aromatic nitrogens is 1. The van der Waals surface area contributed by atoms with E-state index in [1.165, 1.54) is 48.3 Å².